The third-order valence-corrected chi connectivity index (χ3v) is 4.72. The highest BCUT2D eigenvalue weighted by molar-refractivity contribution is 9.11. The summed E-state index contributed by atoms with van der Waals surface area (Å²) in [5.41, 5.74) is 2.71. The number of nitrogens with one attached hydrogen (secondary N) is 1. The molecule has 0 radical (unpaired) electrons. The van der Waals surface area contributed by atoms with Crippen molar-refractivity contribution in [2.24, 2.45) is 0 Å². The molecule has 102 valence electrons. The molecule has 1 unspecified atom stereocenters. The summed E-state index contributed by atoms with van der Waals surface area (Å²) in [6.07, 6.45) is 0. The Balaban J connectivity index is 2.10. The number of hydrogen-bond acceptors (Lipinski definition) is 3. The molecule has 2 aromatic rings. The molecular formula is C15H19BrN2S. The zero-order chi connectivity index (χ0) is 13.7. The average Bonchev–Trinajstić information content (AvgIpc) is 2.82. The van der Waals surface area contributed by atoms with Crippen molar-refractivity contribution in [2.45, 2.75) is 12.6 Å². The maximum Gasteiger partial charge on any atom is 0.0701 e. The normalized spacial score (nSPS) is 12.8. The Kier molecular flexibility index (Phi) is 5.58. The van der Waals surface area contributed by atoms with Gasteiger partial charge in [0.05, 0.1) is 3.79 Å². The van der Waals surface area contributed by atoms with Crippen molar-refractivity contribution in [3.05, 3.63) is 56.7 Å². The summed E-state index contributed by atoms with van der Waals surface area (Å²) < 4.78 is 1.20. The molecule has 1 heterocycles. The summed E-state index contributed by atoms with van der Waals surface area (Å²) in [6, 6.07) is 13.3. The molecule has 1 N–H and O–H groups in total. The van der Waals surface area contributed by atoms with Crippen molar-refractivity contribution in [3.63, 3.8) is 0 Å². The van der Waals surface area contributed by atoms with Gasteiger partial charge in [-0.1, -0.05) is 30.3 Å². The van der Waals surface area contributed by atoms with Gasteiger partial charge in [0.2, 0.25) is 0 Å². The van der Waals surface area contributed by atoms with Gasteiger partial charge in [0, 0.05) is 19.1 Å². The molecule has 0 saturated heterocycles. The third kappa shape index (κ3) is 4.14. The maximum atomic E-state index is 3.52. The molecule has 1 aromatic heterocycles. The zero-order valence-electron chi connectivity index (χ0n) is 11.3. The Morgan fingerprint density at radius 2 is 2.05 bits per heavy atom. The lowest BCUT2D eigenvalue weighted by Gasteiger charge is -2.28. The largest absolute Gasteiger partial charge is 0.318 e. The lowest BCUT2D eigenvalue weighted by atomic mass is 10.1. The summed E-state index contributed by atoms with van der Waals surface area (Å²) in [7, 11) is 4.19. The highest BCUT2D eigenvalue weighted by atomic mass is 79.9. The van der Waals surface area contributed by atoms with Gasteiger partial charge in [-0.25, -0.2) is 0 Å². The monoisotopic (exact) mass is 338 g/mol. The smallest absolute Gasteiger partial charge is 0.0701 e. The third-order valence-electron chi connectivity index (χ3n) is 3.17. The van der Waals surface area contributed by atoms with Gasteiger partial charge in [0.15, 0.2) is 0 Å². The molecule has 2 rings (SSSR count). The van der Waals surface area contributed by atoms with Gasteiger partial charge in [-0.05, 0) is 52.6 Å². The molecular weight excluding hydrogens is 320 g/mol. The minimum absolute atomic E-state index is 0.393. The van der Waals surface area contributed by atoms with Gasteiger partial charge in [0.1, 0.15) is 0 Å². The topological polar surface area (TPSA) is 15.3 Å². The molecule has 0 fully saturated rings. The van der Waals surface area contributed by atoms with E-state index in [9.17, 15) is 0 Å². The summed E-state index contributed by atoms with van der Waals surface area (Å²) in [5, 5.41) is 5.50. The molecule has 0 amide bonds. The number of thiophene rings is 1. The van der Waals surface area contributed by atoms with Crippen LogP contribution in [-0.4, -0.2) is 25.5 Å². The number of hydrogen-bond donors (Lipinski definition) is 1. The van der Waals surface area contributed by atoms with E-state index >= 15 is 0 Å². The Labute approximate surface area is 127 Å². The molecule has 1 atom stereocenters. The van der Waals surface area contributed by atoms with Crippen LogP contribution in [-0.2, 0) is 6.54 Å². The highest BCUT2D eigenvalue weighted by Crippen LogP contribution is 2.25. The van der Waals surface area contributed by atoms with Crippen LogP contribution in [0.5, 0.6) is 0 Å². The molecule has 0 spiro atoms. The molecule has 19 heavy (non-hydrogen) atoms. The second kappa shape index (κ2) is 7.20. The Hall–Kier alpha value is -0.680. The summed E-state index contributed by atoms with van der Waals surface area (Å²) in [5.74, 6) is 0. The standard InChI is InChI=1S/C15H19BrN2S/c1-17-9-14(13-6-4-3-5-7-13)18(2)10-12-8-15(16)19-11-12/h3-8,11,14,17H,9-10H2,1-2H3. The minimum Gasteiger partial charge on any atom is -0.318 e. The van der Waals surface area contributed by atoms with Crippen LogP contribution in [0.2, 0.25) is 0 Å². The van der Waals surface area contributed by atoms with Gasteiger partial charge in [-0.3, -0.25) is 4.90 Å². The van der Waals surface area contributed by atoms with Crippen molar-refractivity contribution in [2.75, 3.05) is 20.6 Å². The lowest BCUT2D eigenvalue weighted by molar-refractivity contribution is 0.233. The van der Waals surface area contributed by atoms with Gasteiger partial charge < -0.3 is 5.32 Å². The predicted octanol–water partition coefficient (Wildman–Crippen LogP) is 3.90. The van der Waals surface area contributed by atoms with E-state index < -0.39 is 0 Å². The molecule has 1 aromatic carbocycles. The van der Waals surface area contributed by atoms with Crippen molar-refractivity contribution in [1.29, 1.82) is 0 Å². The van der Waals surface area contributed by atoms with Gasteiger partial charge >= 0.3 is 0 Å². The van der Waals surface area contributed by atoms with E-state index in [0.29, 0.717) is 6.04 Å². The SMILES string of the molecule is CNCC(c1ccccc1)N(C)Cc1csc(Br)c1. The first kappa shape index (κ1) is 14.7. The molecule has 0 aliphatic rings. The van der Waals surface area contributed by atoms with Crippen molar-refractivity contribution in [1.82, 2.24) is 10.2 Å². The van der Waals surface area contributed by atoms with Crippen LogP contribution in [0.1, 0.15) is 17.2 Å². The van der Waals surface area contributed by atoms with E-state index in [1.165, 1.54) is 14.9 Å². The summed E-state index contributed by atoms with van der Waals surface area (Å²) in [4.78, 5) is 2.39. The van der Waals surface area contributed by atoms with Gasteiger partial charge in [-0.2, -0.15) is 0 Å². The highest BCUT2D eigenvalue weighted by Gasteiger charge is 2.16. The molecule has 2 nitrogen and oxygen atoms in total. The number of nitrogens with zero attached hydrogens (tertiary/aromatic N) is 1. The van der Waals surface area contributed by atoms with E-state index in [1.807, 2.05) is 7.05 Å². The zero-order valence-corrected chi connectivity index (χ0v) is 13.7. The molecule has 0 bridgehead atoms. The van der Waals surface area contributed by atoms with Gasteiger partial charge in [0.25, 0.3) is 0 Å². The van der Waals surface area contributed by atoms with Crippen molar-refractivity contribution >= 4 is 27.3 Å². The first-order valence-electron chi connectivity index (χ1n) is 6.33. The molecule has 4 heteroatoms. The number of benzene rings is 1. The first-order chi connectivity index (χ1) is 9.20. The molecule has 0 saturated carbocycles. The molecule has 0 aliphatic carbocycles. The predicted molar refractivity (Wildman–Crippen MR) is 86.6 cm³/mol. The van der Waals surface area contributed by atoms with Crippen molar-refractivity contribution < 1.29 is 0 Å². The lowest BCUT2D eigenvalue weighted by Crippen LogP contribution is -2.31. The van der Waals surface area contributed by atoms with E-state index in [1.54, 1.807) is 11.3 Å². The van der Waals surface area contributed by atoms with Crippen LogP contribution < -0.4 is 5.32 Å². The second-order valence-electron chi connectivity index (χ2n) is 4.66. The fourth-order valence-corrected chi connectivity index (χ4v) is 3.42. The van der Waals surface area contributed by atoms with Crippen LogP contribution >= 0.6 is 27.3 Å². The van der Waals surface area contributed by atoms with E-state index in [-0.39, 0.29) is 0 Å². The van der Waals surface area contributed by atoms with Crippen LogP contribution in [0.25, 0.3) is 0 Å². The first-order valence-corrected chi connectivity index (χ1v) is 8.00. The van der Waals surface area contributed by atoms with Crippen LogP contribution in [0.15, 0.2) is 45.6 Å². The quantitative estimate of drug-likeness (QED) is 0.859. The Bertz CT molecular complexity index is 498. The fourth-order valence-electron chi connectivity index (χ4n) is 2.22. The van der Waals surface area contributed by atoms with E-state index in [4.69, 9.17) is 0 Å². The van der Waals surface area contributed by atoms with E-state index in [0.717, 1.165) is 13.1 Å². The maximum absolute atomic E-state index is 3.52. The van der Waals surface area contributed by atoms with Crippen LogP contribution in [0, 0.1) is 0 Å². The van der Waals surface area contributed by atoms with Crippen LogP contribution in [0.4, 0.5) is 0 Å². The number of likely N-dealkylation sites (N-methyl/N-ethyl adjacent to an activating group) is 2. The fraction of sp³-hybridized carbons (Fsp3) is 0.333. The second-order valence-corrected chi connectivity index (χ2v) is 6.95. The Morgan fingerprint density at radius 3 is 2.63 bits per heavy atom. The van der Waals surface area contributed by atoms with Gasteiger partial charge in [-0.15, -0.1) is 11.3 Å². The summed E-state index contributed by atoms with van der Waals surface area (Å²) >= 11 is 5.26. The summed E-state index contributed by atoms with van der Waals surface area (Å²) in [6.45, 7) is 1.91. The number of halogens is 1. The Morgan fingerprint density at radius 1 is 1.32 bits per heavy atom. The van der Waals surface area contributed by atoms with E-state index in [2.05, 4.69) is 75.0 Å². The number of rotatable bonds is 6. The van der Waals surface area contributed by atoms with Crippen LogP contribution in [0.3, 0.4) is 0 Å². The van der Waals surface area contributed by atoms with Crippen molar-refractivity contribution in [3.8, 4) is 0 Å². The minimum atomic E-state index is 0.393. The molecule has 0 aliphatic heterocycles. The average molecular weight is 339 g/mol.